The largest absolute Gasteiger partial charge is 0.383 e. The lowest BCUT2D eigenvalue weighted by atomic mass is 10.3. The summed E-state index contributed by atoms with van der Waals surface area (Å²) >= 11 is 1.66. The second kappa shape index (κ2) is 6.39. The Hall–Kier alpha value is -1.07. The van der Waals surface area contributed by atoms with E-state index in [-0.39, 0.29) is 0 Å². The molecule has 3 N–H and O–H groups in total. The van der Waals surface area contributed by atoms with Gasteiger partial charge in [-0.1, -0.05) is 0 Å². The van der Waals surface area contributed by atoms with Gasteiger partial charge in [-0.2, -0.15) is 11.3 Å². The number of ether oxygens (including phenoxy) is 1. The van der Waals surface area contributed by atoms with Crippen LogP contribution in [-0.4, -0.2) is 26.2 Å². The SMILES string of the molecule is COCCNC(N)=NCc1ccsc1. The van der Waals surface area contributed by atoms with Gasteiger partial charge in [-0.25, -0.2) is 4.99 Å². The molecule has 0 radical (unpaired) electrons. The minimum Gasteiger partial charge on any atom is -0.383 e. The van der Waals surface area contributed by atoms with Crippen LogP contribution >= 0.6 is 11.3 Å². The van der Waals surface area contributed by atoms with Crippen LogP contribution in [0.2, 0.25) is 0 Å². The average Bonchev–Trinajstić information content (AvgIpc) is 2.68. The van der Waals surface area contributed by atoms with Crippen LogP contribution in [0.1, 0.15) is 5.56 Å². The number of hydrogen-bond acceptors (Lipinski definition) is 3. The highest BCUT2D eigenvalue weighted by Gasteiger charge is 1.92. The van der Waals surface area contributed by atoms with Gasteiger partial charge in [-0.15, -0.1) is 0 Å². The van der Waals surface area contributed by atoms with E-state index in [0.29, 0.717) is 25.7 Å². The number of nitrogens with two attached hydrogens (primary N) is 1. The Bertz CT molecular complexity index is 272. The van der Waals surface area contributed by atoms with Gasteiger partial charge in [0.2, 0.25) is 0 Å². The maximum Gasteiger partial charge on any atom is 0.188 e. The molecular weight excluding hydrogens is 198 g/mol. The summed E-state index contributed by atoms with van der Waals surface area (Å²) in [4.78, 5) is 4.17. The molecule has 14 heavy (non-hydrogen) atoms. The van der Waals surface area contributed by atoms with Gasteiger partial charge in [-0.3, -0.25) is 0 Å². The van der Waals surface area contributed by atoms with Crippen molar-refractivity contribution in [2.24, 2.45) is 10.7 Å². The van der Waals surface area contributed by atoms with Crippen molar-refractivity contribution in [1.29, 1.82) is 0 Å². The van der Waals surface area contributed by atoms with Crippen molar-refractivity contribution in [2.45, 2.75) is 6.54 Å². The Balaban J connectivity index is 2.23. The van der Waals surface area contributed by atoms with Gasteiger partial charge in [-0.05, 0) is 22.4 Å². The van der Waals surface area contributed by atoms with Gasteiger partial charge in [0, 0.05) is 13.7 Å². The molecular formula is C9H15N3OS. The van der Waals surface area contributed by atoms with Crippen LogP contribution in [0.3, 0.4) is 0 Å². The average molecular weight is 213 g/mol. The summed E-state index contributed by atoms with van der Waals surface area (Å²) in [7, 11) is 1.65. The molecule has 0 saturated carbocycles. The molecule has 0 unspecified atom stereocenters. The molecule has 0 saturated heterocycles. The van der Waals surface area contributed by atoms with E-state index in [1.54, 1.807) is 18.4 Å². The first-order chi connectivity index (χ1) is 6.83. The predicted octanol–water partition coefficient (Wildman–Crippen LogP) is 0.799. The van der Waals surface area contributed by atoms with E-state index in [2.05, 4.69) is 15.7 Å². The van der Waals surface area contributed by atoms with Crippen molar-refractivity contribution in [3.05, 3.63) is 22.4 Å². The fourth-order valence-corrected chi connectivity index (χ4v) is 1.56. The van der Waals surface area contributed by atoms with Gasteiger partial charge in [0.25, 0.3) is 0 Å². The Morgan fingerprint density at radius 2 is 2.57 bits per heavy atom. The van der Waals surface area contributed by atoms with E-state index in [0.717, 1.165) is 0 Å². The molecule has 0 spiro atoms. The first kappa shape index (κ1) is 11.0. The van der Waals surface area contributed by atoms with E-state index in [1.807, 2.05) is 11.4 Å². The zero-order valence-corrected chi connectivity index (χ0v) is 9.01. The van der Waals surface area contributed by atoms with Crippen molar-refractivity contribution in [2.75, 3.05) is 20.3 Å². The molecule has 0 amide bonds. The number of hydrogen-bond donors (Lipinski definition) is 2. The van der Waals surface area contributed by atoms with E-state index in [1.165, 1.54) is 5.56 Å². The summed E-state index contributed by atoms with van der Waals surface area (Å²) in [5.41, 5.74) is 6.80. The van der Waals surface area contributed by atoms with Crippen LogP contribution in [0.4, 0.5) is 0 Å². The number of aliphatic imine (C=N–C) groups is 1. The number of nitrogens with zero attached hydrogens (tertiary/aromatic N) is 1. The van der Waals surface area contributed by atoms with Crippen LogP contribution in [0, 0.1) is 0 Å². The fourth-order valence-electron chi connectivity index (χ4n) is 0.896. The fraction of sp³-hybridized carbons (Fsp3) is 0.444. The summed E-state index contributed by atoms with van der Waals surface area (Å²) < 4.78 is 4.87. The van der Waals surface area contributed by atoms with Crippen molar-refractivity contribution in [1.82, 2.24) is 5.32 Å². The zero-order chi connectivity index (χ0) is 10.2. The quantitative estimate of drug-likeness (QED) is 0.432. The van der Waals surface area contributed by atoms with E-state index in [9.17, 15) is 0 Å². The van der Waals surface area contributed by atoms with Crippen LogP contribution in [0.15, 0.2) is 21.8 Å². The van der Waals surface area contributed by atoms with Gasteiger partial charge in [0.05, 0.1) is 13.2 Å². The lowest BCUT2D eigenvalue weighted by Gasteiger charge is -2.03. The Morgan fingerprint density at radius 1 is 1.71 bits per heavy atom. The highest BCUT2D eigenvalue weighted by molar-refractivity contribution is 7.07. The number of guanidine groups is 1. The van der Waals surface area contributed by atoms with E-state index in [4.69, 9.17) is 10.5 Å². The van der Waals surface area contributed by atoms with Crippen molar-refractivity contribution in [3.8, 4) is 0 Å². The first-order valence-corrected chi connectivity index (χ1v) is 5.31. The Kier molecular flexibility index (Phi) is 5.03. The highest BCUT2D eigenvalue weighted by atomic mass is 32.1. The van der Waals surface area contributed by atoms with Crippen molar-refractivity contribution >= 4 is 17.3 Å². The molecule has 0 atom stereocenters. The molecule has 0 bridgehead atoms. The second-order valence-electron chi connectivity index (χ2n) is 2.75. The predicted molar refractivity (Wildman–Crippen MR) is 59.5 cm³/mol. The third-order valence-electron chi connectivity index (χ3n) is 1.62. The van der Waals surface area contributed by atoms with Crippen LogP contribution in [-0.2, 0) is 11.3 Å². The maximum absolute atomic E-state index is 5.62. The molecule has 1 aromatic rings. The molecule has 1 heterocycles. The topological polar surface area (TPSA) is 59.6 Å². The highest BCUT2D eigenvalue weighted by Crippen LogP contribution is 2.06. The van der Waals surface area contributed by atoms with Crippen LogP contribution in [0.25, 0.3) is 0 Å². The third-order valence-corrected chi connectivity index (χ3v) is 2.36. The van der Waals surface area contributed by atoms with Gasteiger partial charge in [0.15, 0.2) is 5.96 Å². The standard InChI is InChI=1S/C9H15N3OS/c1-13-4-3-11-9(10)12-6-8-2-5-14-7-8/h2,5,7H,3-4,6H2,1H3,(H3,10,11,12). The lowest BCUT2D eigenvalue weighted by molar-refractivity contribution is 0.204. The summed E-state index contributed by atoms with van der Waals surface area (Å²) in [5, 5.41) is 7.04. The molecule has 78 valence electrons. The molecule has 5 heteroatoms. The number of thiophene rings is 1. The molecule has 4 nitrogen and oxygen atoms in total. The summed E-state index contributed by atoms with van der Waals surface area (Å²) in [5.74, 6) is 0.466. The molecule has 0 aliphatic rings. The Morgan fingerprint density at radius 3 is 3.21 bits per heavy atom. The van der Waals surface area contributed by atoms with Crippen LogP contribution < -0.4 is 11.1 Å². The van der Waals surface area contributed by atoms with Gasteiger partial charge in [0.1, 0.15) is 0 Å². The molecule has 0 fully saturated rings. The first-order valence-electron chi connectivity index (χ1n) is 4.36. The number of methoxy groups -OCH3 is 1. The maximum atomic E-state index is 5.62. The van der Waals surface area contributed by atoms with Gasteiger partial charge >= 0.3 is 0 Å². The minimum absolute atomic E-state index is 0.466. The number of nitrogens with one attached hydrogen (secondary N) is 1. The number of rotatable bonds is 5. The van der Waals surface area contributed by atoms with Crippen molar-refractivity contribution < 1.29 is 4.74 Å². The Labute approximate surface area is 87.8 Å². The third kappa shape index (κ3) is 4.25. The summed E-state index contributed by atoms with van der Waals surface area (Å²) in [6.07, 6.45) is 0. The minimum atomic E-state index is 0.466. The van der Waals surface area contributed by atoms with Gasteiger partial charge < -0.3 is 15.8 Å². The monoisotopic (exact) mass is 213 g/mol. The van der Waals surface area contributed by atoms with E-state index < -0.39 is 0 Å². The smallest absolute Gasteiger partial charge is 0.188 e. The molecule has 0 aliphatic carbocycles. The molecule has 1 aromatic heterocycles. The molecule has 0 aliphatic heterocycles. The van der Waals surface area contributed by atoms with E-state index >= 15 is 0 Å². The summed E-state index contributed by atoms with van der Waals surface area (Å²) in [6, 6.07) is 2.04. The lowest BCUT2D eigenvalue weighted by Crippen LogP contribution is -2.34. The molecule has 1 rings (SSSR count). The van der Waals surface area contributed by atoms with Crippen molar-refractivity contribution in [3.63, 3.8) is 0 Å². The summed E-state index contributed by atoms with van der Waals surface area (Å²) in [6.45, 7) is 1.96. The normalized spacial score (nSPS) is 11.6. The second-order valence-corrected chi connectivity index (χ2v) is 3.53. The van der Waals surface area contributed by atoms with Crippen LogP contribution in [0.5, 0.6) is 0 Å². The molecule has 0 aromatic carbocycles. The zero-order valence-electron chi connectivity index (χ0n) is 8.19.